The smallest absolute Gasteiger partial charge is 0.251 e. The van der Waals surface area contributed by atoms with Crippen molar-refractivity contribution >= 4 is 41.5 Å². The molecule has 2 atom stereocenters. The average molecular weight is 338 g/mol. The molecular formula is C14H19Cl3N2O. The molecular weight excluding hydrogens is 319 g/mol. The first-order chi connectivity index (χ1) is 9.08. The summed E-state index contributed by atoms with van der Waals surface area (Å²) >= 11 is 11.8. The SMILES string of the molecule is CC(NC(=O)c1ccc(Cl)c(Cl)c1)C1CCCNC1.Cl. The maximum absolute atomic E-state index is 12.1. The van der Waals surface area contributed by atoms with Crippen LogP contribution < -0.4 is 10.6 Å². The Kier molecular flexibility index (Phi) is 7.10. The van der Waals surface area contributed by atoms with Crippen molar-refractivity contribution in [1.82, 2.24) is 10.6 Å². The Labute approximate surface area is 135 Å². The lowest BCUT2D eigenvalue weighted by molar-refractivity contribution is 0.0922. The predicted molar refractivity (Wildman–Crippen MR) is 86.2 cm³/mol. The third kappa shape index (κ3) is 4.52. The first-order valence-electron chi connectivity index (χ1n) is 6.54. The molecule has 2 unspecified atom stereocenters. The number of rotatable bonds is 3. The summed E-state index contributed by atoms with van der Waals surface area (Å²) in [5.74, 6) is 0.386. The summed E-state index contributed by atoms with van der Waals surface area (Å²) < 4.78 is 0. The van der Waals surface area contributed by atoms with E-state index < -0.39 is 0 Å². The van der Waals surface area contributed by atoms with E-state index in [4.69, 9.17) is 23.2 Å². The molecule has 20 heavy (non-hydrogen) atoms. The minimum Gasteiger partial charge on any atom is -0.349 e. The fourth-order valence-electron chi connectivity index (χ4n) is 2.35. The zero-order chi connectivity index (χ0) is 13.8. The summed E-state index contributed by atoms with van der Waals surface area (Å²) in [5, 5.41) is 7.25. The van der Waals surface area contributed by atoms with Gasteiger partial charge in [-0.1, -0.05) is 23.2 Å². The summed E-state index contributed by atoms with van der Waals surface area (Å²) in [5.41, 5.74) is 0.546. The fourth-order valence-corrected chi connectivity index (χ4v) is 2.65. The molecule has 1 aromatic carbocycles. The standard InChI is InChI=1S/C14H18Cl2N2O.ClH/c1-9(11-3-2-6-17-8-11)18-14(19)10-4-5-12(15)13(16)7-10;/h4-5,7,9,11,17H,2-3,6,8H2,1H3,(H,18,19);1H. The Bertz CT molecular complexity index is 462. The number of carbonyl (C=O) groups excluding carboxylic acids is 1. The van der Waals surface area contributed by atoms with Gasteiger partial charge in [-0.05, 0) is 57.0 Å². The minimum absolute atomic E-state index is 0. The molecule has 0 aliphatic carbocycles. The van der Waals surface area contributed by atoms with Gasteiger partial charge >= 0.3 is 0 Å². The summed E-state index contributed by atoms with van der Waals surface area (Å²) in [4.78, 5) is 12.1. The Morgan fingerprint density at radius 1 is 1.40 bits per heavy atom. The highest BCUT2D eigenvalue weighted by atomic mass is 35.5. The Hall–Kier alpha value is -0.480. The molecule has 0 saturated carbocycles. The van der Waals surface area contributed by atoms with Gasteiger partial charge in [0.15, 0.2) is 0 Å². The number of nitrogens with one attached hydrogen (secondary N) is 2. The summed E-state index contributed by atoms with van der Waals surface area (Å²) in [6.07, 6.45) is 2.31. The molecule has 1 aliphatic rings. The Morgan fingerprint density at radius 3 is 2.75 bits per heavy atom. The molecule has 0 aromatic heterocycles. The zero-order valence-corrected chi connectivity index (χ0v) is 13.6. The fraction of sp³-hybridized carbons (Fsp3) is 0.500. The highest BCUT2D eigenvalue weighted by Gasteiger charge is 2.21. The number of hydrogen-bond donors (Lipinski definition) is 2. The highest BCUT2D eigenvalue weighted by molar-refractivity contribution is 6.42. The molecule has 1 amide bonds. The maximum atomic E-state index is 12.1. The van der Waals surface area contributed by atoms with Crippen molar-refractivity contribution in [3.8, 4) is 0 Å². The van der Waals surface area contributed by atoms with Crippen LogP contribution in [0, 0.1) is 5.92 Å². The molecule has 112 valence electrons. The highest BCUT2D eigenvalue weighted by Crippen LogP contribution is 2.23. The van der Waals surface area contributed by atoms with E-state index in [-0.39, 0.29) is 24.4 Å². The van der Waals surface area contributed by atoms with Crippen LogP contribution in [0.25, 0.3) is 0 Å². The summed E-state index contributed by atoms with van der Waals surface area (Å²) in [7, 11) is 0. The number of benzene rings is 1. The molecule has 1 aromatic rings. The van der Waals surface area contributed by atoms with Gasteiger partial charge in [0.05, 0.1) is 10.0 Å². The molecule has 0 radical (unpaired) electrons. The lowest BCUT2D eigenvalue weighted by atomic mass is 9.92. The lowest BCUT2D eigenvalue weighted by Crippen LogP contribution is -2.44. The van der Waals surface area contributed by atoms with Crippen molar-refractivity contribution in [2.24, 2.45) is 5.92 Å². The van der Waals surface area contributed by atoms with Crippen LogP contribution in [0.3, 0.4) is 0 Å². The maximum Gasteiger partial charge on any atom is 0.251 e. The molecule has 3 nitrogen and oxygen atoms in total. The van der Waals surface area contributed by atoms with Gasteiger partial charge in [0.2, 0.25) is 0 Å². The van der Waals surface area contributed by atoms with Crippen LogP contribution in [-0.2, 0) is 0 Å². The Balaban J connectivity index is 0.00000200. The van der Waals surface area contributed by atoms with E-state index in [0.29, 0.717) is 21.5 Å². The third-order valence-corrected chi connectivity index (χ3v) is 4.32. The number of carbonyl (C=O) groups is 1. The van der Waals surface area contributed by atoms with Crippen LogP contribution in [0.5, 0.6) is 0 Å². The first-order valence-corrected chi connectivity index (χ1v) is 7.30. The van der Waals surface area contributed by atoms with E-state index in [1.807, 2.05) is 6.92 Å². The molecule has 2 rings (SSSR count). The molecule has 1 fully saturated rings. The van der Waals surface area contributed by atoms with Crippen LogP contribution in [0.15, 0.2) is 18.2 Å². The van der Waals surface area contributed by atoms with E-state index in [1.165, 1.54) is 0 Å². The quantitative estimate of drug-likeness (QED) is 0.886. The molecule has 6 heteroatoms. The minimum atomic E-state index is -0.100. The molecule has 0 spiro atoms. The molecule has 1 heterocycles. The van der Waals surface area contributed by atoms with Crippen molar-refractivity contribution < 1.29 is 4.79 Å². The van der Waals surface area contributed by atoms with Gasteiger partial charge in [0.25, 0.3) is 5.91 Å². The van der Waals surface area contributed by atoms with Gasteiger partial charge in [-0.3, -0.25) is 4.79 Å². The van der Waals surface area contributed by atoms with Gasteiger partial charge in [-0.2, -0.15) is 0 Å². The number of amides is 1. The second kappa shape index (κ2) is 8.08. The van der Waals surface area contributed by atoms with E-state index in [9.17, 15) is 4.79 Å². The van der Waals surface area contributed by atoms with E-state index in [0.717, 1.165) is 25.9 Å². The van der Waals surface area contributed by atoms with Crippen LogP contribution in [0.4, 0.5) is 0 Å². The third-order valence-electron chi connectivity index (χ3n) is 3.58. The lowest BCUT2D eigenvalue weighted by Gasteiger charge is -2.29. The molecule has 1 aliphatic heterocycles. The van der Waals surface area contributed by atoms with Gasteiger partial charge in [-0.15, -0.1) is 12.4 Å². The van der Waals surface area contributed by atoms with Crippen molar-refractivity contribution in [3.05, 3.63) is 33.8 Å². The summed E-state index contributed by atoms with van der Waals surface area (Å²) in [6, 6.07) is 5.08. The number of piperidine rings is 1. The monoisotopic (exact) mass is 336 g/mol. The van der Waals surface area contributed by atoms with E-state index in [2.05, 4.69) is 10.6 Å². The van der Waals surface area contributed by atoms with Crippen molar-refractivity contribution in [1.29, 1.82) is 0 Å². The zero-order valence-electron chi connectivity index (χ0n) is 11.3. The first kappa shape index (κ1) is 17.6. The van der Waals surface area contributed by atoms with Crippen LogP contribution in [-0.4, -0.2) is 25.0 Å². The van der Waals surface area contributed by atoms with Crippen LogP contribution >= 0.6 is 35.6 Å². The normalized spacial score (nSPS) is 19.9. The van der Waals surface area contributed by atoms with E-state index >= 15 is 0 Å². The average Bonchev–Trinajstić information content (AvgIpc) is 2.42. The Morgan fingerprint density at radius 2 is 2.15 bits per heavy atom. The van der Waals surface area contributed by atoms with Crippen molar-refractivity contribution in [3.63, 3.8) is 0 Å². The van der Waals surface area contributed by atoms with Crippen LogP contribution in [0.2, 0.25) is 10.0 Å². The number of hydrogen-bond acceptors (Lipinski definition) is 2. The molecule has 2 N–H and O–H groups in total. The second-order valence-corrected chi connectivity index (χ2v) is 5.81. The van der Waals surface area contributed by atoms with Gasteiger partial charge in [-0.25, -0.2) is 0 Å². The molecule has 1 saturated heterocycles. The predicted octanol–water partition coefficient (Wildman–Crippen LogP) is 3.53. The van der Waals surface area contributed by atoms with Crippen LogP contribution in [0.1, 0.15) is 30.1 Å². The van der Waals surface area contributed by atoms with Crippen molar-refractivity contribution in [2.45, 2.75) is 25.8 Å². The molecule has 0 bridgehead atoms. The topological polar surface area (TPSA) is 41.1 Å². The second-order valence-electron chi connectivity index (χ2n) is 5.00. The van der Waals surface area contributed by atoms with Gasteiger partial charge in [0.1, 0.15) is 0 Å². The summed E-state index contributed by atoms with van der Waals surface area (Å²) in [6.45, 7) is 4.08. The van der Waals surface area contributed by atoms with Crippen molar-refractivity contribution in [2.75, 3.05) is 13.1 Å². The number of halogens is 3. The largest absolute Gasteiger partial charge is 0.349 e. The van der Waals surface area contributed by atoms with Gasteiger partial charge < -0.3 is 10.6 Å². The van der Waals surface area contributed by atoms with Gasteiger partial charge in [0, 0.05) is 11.6 Å². The van der Waals surface area contributed by atoms with E-state index in [1.54, 1.807) is 18.2 Å².